The maximum atomic E-state index is 14.4. The van der Waals surface area contributed by atoms with Gasteiger partial charge in [-0.15, -0.1) is 11.3 Å². The smallest absolute Gasteiger partial charge is 0.264 e. The van der Waals surface area contributed by atoms with Crippen LogP contribution in [0.1, 0.15) is 10.4 Å². The molecule has 6 nitrogen and oxygen atoms in total. The summed E-state index contributed by atoms with van der Waals surface area (Å²) in [6.07, 6.45) is 1.45. The second-order valence-corrected chi connectivity index (χ2v) is 8.93. The van der Waals surface area contributed by atoms with Crippen LogP contribution in [-0.4, -0.2) is 27.1 Å². The summed E-state index contributed by atoms with van der Waals surface area (Å²) in [5.41, 5.74) is 2.94. The van der Waals surface area contributed by atoms with Crippen LogP contribution < -0.4 is 9.73 Å². The number of hydrogen-bond acceptors (Lipinski definition) is 5. The van der Waals surface area contributed by atoms with Crippen LogP contribution in [0.3, 0.4) is 0 Å². The first-order valence-electron chi connectivity index (χ1n) is 8.57. The molecule has 0 unspecified atom stereocenters. The third-order valence-electron chi connectivity index (χ3n) is 3.94. The molecule has 0 radical (unpaired) electrons. The summed E-state index contributed by atoms with van der Waals surface area (Å²) in [5, 5.41) is 5.68. The van der Waals surface area contributed by atoms with Gasteiger partial charge in [-0.05, 0) is 42.6 Å². The van der Waals surface area contributed by atoms with Crippen molar-refractivity contribution in [2.75, 3.05) is 10.8 Å². The van der Waals surface area contributed by atoms with Gasteiger partial charge in [0.2, 0.25) is 0 Å². The molecule has 1 amide bonds. The third-order valence-corrected chi connectivity index (χ3v) is 6.52. The number of nitrogens with one attached hydrogen (secondary N) is 1. The Morgan fingerprint density at radius 2 is 1.86 bits per heavy atom. The van der Waals surface area contributed by atoms with E-state index in [1.54, 1.807) is 12.1 Å². The van der Waals surface area contributed by atoms with Crippen LogP contribution in [0.2, 0.25) is 0 Å². The molecule has 2 aromatic carbocycles. The molecule has 1 aromatic heterocycles. The summed E-state index contributed by atoms with van der Waals surface area (Å²) in [6.45, 7) is 1.20. The lowest BCUT2D eigenvalue weighted by Crippen LogP contribution is -2.40. The Labute approximate surface area is 172 Å². The van der Waals surface area contributed by atoms with Crippen LogP contribution in [0.25, 0.3) is 0 Å². The first kappa shape index (κ1) is 20.7. The van der Waals surface area contributed by atoms with Gasteiger partial charge in [0.15, 0.2) is 0 Å². The molecule has 0 atom stereocenters. The first-order valence-corrected chi connectivity index (χ1v) is 10.9. The zero-order chi connectivity index (χ0) is 20.9. The summed E-state index contributed by atoms with van der Waals surface area (Å²) in [5.74, 6) is -1.45. The lowest BCUT2D eigenvalue weighted by Gasteiger charge is -2.24. The molecule has 0 saturated carbocycles. The molecule has 3 aromatic rings. The molecule has 29 heavy (non-hydrogen) atoms. The number of hydrogen-bond donors (Lipinski definition) is 1. The number of para-hydroxylation sites is 1. The average Bonchev–Trinajstić information content (AvgIpc) is 3.20. The van der Waals surface area contributed by atoms with Gasteiger partial charge in [0.25, 0.3) is 15.9 Å². The van der Waals surface area contributed by atoms with Crippen LogP contribution in [0.5, 0.6) is 0 Å². The molecule has 0 aliphatic heterocycles. The van der Waals surface area contributed by atoms with E-state index in [0.717, 1.165) is 20.8 Å². The van der Waals surface area contributed by atoms with Crippen molar-refractivity contribution in [1.82, 2.24) is 5.43 Å². The van der Waals surface area contributed by atoms with E-state index in [1.165, 1.54) is 47.9 Å². The van der Waals surface area contributed by atoms with Crippen molar-refractivity contribution < 1.29 is 17.6 Å². The fourth-order valence-corrected chi connectivity index (χ4v) is 4.50. The second kappa shape index (κ2) is 8.97. The van der Waals surface area contributed by atoms with Gasteiger partial charge in [-0.3, -0.25) is 9.10 Å². The minimum atomic E-state index is -4.17. The Bertz CT molecular complexity index is 1110. The molecule has 9 heteroatoms. The monoisotopic (exact) mass is 431 g/mol. The second-order valence-electron chi connectivity index (χ2n) is 6.08. The molecule has 1 heterocycles. The number of amides is 1. The Hall–Kier alpha value is -3.04. The number of halogens is 1. The van der Waals surface area contributed by atoms with E-state index in [0.29, 0.717) is 0 Å². The highest BCUT2D eigenvalue weighted by atomic mass is 32.2. The first-order chi connectivity index (χ1) is 13.9. The normalized spacial score (nSPS) is 11.5. The van der Waals surface area contributed by atoms with Gasteiger partial charge >= 0.3 is 0 Å². The van der Waals surface area contributed by atoms with Crippen LogP contribution in [0.15, 0.2) is 76.0 Å². The number of thiophene rings is 1. The molecular weight excluding hydrogens is 413 g/mol. The summed E-state index contributed by atoms with van der Waals surface area (Å²) < 4.78 is 41.4. The molecule has 1 N–H and O–H groups in total. The molecule has 0 spiro atoms. The fourth-order valence-electron chi connectivity index (χ4n) is 2.49. The molecule has 0 aliphatic rings. The Balaban J connectivity index is 1.88. The molecule has 0 aliphatic carbocycles. The van der Waals surface area contributed by atoms with Crippen molar-refractivity contribution in [3.63, 3.8) is 0 Å². The SMILES string of the molecule is Cc1ccc(S(=O)(=O)N(CC(=O)NN=Cc2cccs2)c2ccccc2F)cc1. The van der Waals surface area contributed by atoms with E-state index in [4.69, 9.17) is 0 Å². The molecule has 0 fully saturated rings. The van der Waals surface area contributed by atoms with Gasteiger partial charge < -0.3 is 0 Å². The van der Waals surface area contributed by atoms with Crippen LogP contribution >= 0.6 is 11.3 Å². The van der Waals surface area contributed by atoms with Gasteiger partial charge in [-0.2, -0.15) is 5.10 Å². The van der Waals surface area contributed by atoms with E-state index in [1.807, 2.05) is 24.4 Å². The predicted octanol–water partition coefficient (Wildman–Crippen LogP) is 3.54. The number of rotatable bonds is 7. The minimum Gasteiger partial charge on any atom is -0.271 e. The minimum absolute atomic E-state index is 0.0405. The highest BCUT2D eigenvalue weighted by Gasteiger charge is 2.29. The number of carbonyl (C=O) groups is 1. The number of hydrazone groups is 1. The fraction of sp³-hybridized carbons (Fsp3) is 0.100. The van der Waals surface area contributed by atoms with Gasteiger partial charge in [0.05, 0.1) is 16.8 Å². The highest BCUT2D eigenvalue weighted by molar-refractivity contribution is 7.92. The van der Waals surface area contributed by atoms with E-state index >= 15 is 0 Å². The zero-order valence-corrected chi connectivity index (χ0v) is 17.1. The van der Waals surface area contributed by atoms with E-state index in [-0.39, 0.29) is 10.6 Å². The molecule has 0 bridgehead atoms. The van der Waals surface area contributed by atoms with Crippen molar-refractivity contribution >= 4 is 39.2 Å². The standard InChI is InChI=1S/C20H18FN3O3S2/c1-15-8-10-17(11-9-15)29(26,27)24(19-7-3-2-6-18(19)21)14-20(25)23-22-13-16-5-4-12-28-16/h2-13H,14H2,1H3,(H,23,25). The van der Waals surface area contributed by atoms with Crippen LogP contribution in [0, 0.1) is 12.7 Å². The average molecular weight is 432 g/mol. The maximum Gasteiger partial charge on any atom is 0.264 e. The summed E-state index contributed by atoms with van der Waals surface area (Å²) in [6, 6.07) is 15.2. The number of aryl methyl sites for hydroxylation is 1. The Morgan fingerprint density at radius 3 is 2.52 bits per heavy atom. The summed E-state index contributed by atoms with van der Waals surface area (Å²) in [4.78, 5) is 13.1. The predicted molar refractivity (Wildman–Crippen MR) is 112 cm³/mol. The lowest BCUT2D eigenvalue weighted by atomic mass is 10.2. The highest BCUT2D eigenvalue weighted by Crippen LogP contribution is 2.26. The lowest BCUT2D eigenvalue weighted by molar-refractivity contribution is -0.119. The quantitative estimate of drug-likeness (QED) is 0.459. The number of benzene rings is 2. The summed E-state index contributed by atoms with van der Waals surface area (Å²) in [7, 11) is -4.17. The topological polar surface area (TPSA) is 78.8 Å². The van der Waals surface area contributed by atoms with Gasteiger partial charge in [0.1, 0.15) is 12.4 Å². The van der Waals surface area contributed by atoms with Crippen molar-refractivity contribution in [1.29, 1.82) is 0 Å². The van der Waals surface area contributed by atoms with E-state index in [2.05, 4.69) is 10.5 Å². The summed E-state index contributed by atoms with van der Waals surface area (Å²) >= 11 is 1.43. The largest absolute Gasteiger partial charge is 0.271 e. The third kappa shape index (κ3) is 5.07. The zero-order valence-electron chi connectivity index (χ0n) is 15.4. The molecule has 0 saturated heterocycles. The Kier molecular flexibility index (Phi) is 6.40. The van der Waals surface area contributed by atoms with E-state index in [9.17, 15) is 17.6 Å². The van der Waals surface area contributed by atoms with Gasteiger partial charge in [-0.25, -0.2) is 18.2 Å². The number of anilines is 1. The van der Waals surface area contributed by atoms with Crippen molar-refractivity contribution in [3.05, 3.63) is 82.3 Å². The van der Waals surface area contributed by atoms with Crippen LogP contribution in [-0.2, 0) is 14.8 Å². The van der Waals surface area contributed by atoms with Gasteiger partial charge in [0, 0.05) is 4.88 Å². The van der Waals surface area contributed by atoms with Crippen molar-refractivity contribution in [3.8, 4) is 0 Å². The maximum absolute atomic E-state index is 14.4. The number of sulfonamides is 1. The molecular formula is C20H18FN3O3S2. The van der Waals surface area contributed by atoms with Gasteiger partial charge in [-0.1, -0.05) is 35.9 Å². The van der Waals surface area contributed by atoms with Crippen molar-refractivity contribution in [2.24, 2.45) is 5.10 Å². The Morgan fingerprint density at radius 1 is 1.14 bits per heavy atom. The number of nitrogens with zero attached hydrogens (tertiary/aromatic N) is 2. The van der Waals surface area contributed by atoms with Crippen LogP contribution in [0.4, 0.5) is 10.1 Å². The number of carbonyl (C=O) groups excluding carboxylic acids is 1. The molecule has 3 rings (SSSR count). The molecule has 150 valence electrons. The van der Waals surface area contributed by atoms with E-state index < -0.39 is 28.3 Å². The van der Waals surface area contributed by atoms with Crippen molar-refractivity contribution in [2.45, 2.75) is 11.8 Å².